The van der Waals surface area contributed by atoms with E-state index in [4.69, 9.17) is 4.74 Å². The molecule has 0 aliphatic carbocycles. The number of aromatic nitrogens is 2. The van der Waals surface area contributed by atoms with Crippen LogP contribution in [0.5, 0.6) is 5.88 Å². The van der Waals surface area contributed by atoms with E-state index in [2.05, 4.69) is 14.9 Å². The normalized spacial score (nSPS) is 11.5. The van der Waals surface area contributed by atoms with Gasteiger partial charge in [0, 0.05) is 23.1 Å². The lowest BCUT2D eigenvalue weighted by molar-refractivity contribution is 0.307. The van der Waals surface area contributed by atoms with Crippen LogP contribution in [0.25, 0.3) is 11.3 Å². The van der Waals surface area contributed by atoms with Crippen LogP contribution in [0.15, 0.2) is 52.7 Å². The number of hydrogen-bond acceptors (Lipinski definition) is 6. The molecule has 27 heavy (non-hydrogen) atoms. The first kappa shape index (κ1) is 19.5. The van der Waals surface area contributed by atoms with Crippen molar-refractivity contribution in [2.24, 2.45) is 0 Å². The smallest absolute Gasteiger partial charge is 0.250 e. The van der Waals surface area contributed by atoms with Crippen LogP contribution in [-0.4, -0.2) is 31.8 Å². The lowest BCUT2D eigenvalue weighted by atomic mass is 10.1. The molecule has 0 aliphatic rings. The predicted octanol–water partition coefficient (Wildman–Crippen LogP) is 3.43. The average molecular weight is 404 g/mol. The van der Waals surface area contributed by atoms with Gasteiger partial charge in [-0.15, -0.1) is 21.5 Å². The number of thiophene rings is 1. The van der Waals surface area contributed by atoms with E-state index < -0.39 is 10.0 Å². The highest BCUT2D eigenvalue weighted by Crippen LogP contribution is 2.21. The highest BCUT2D eigenvalue weighted by atomic mass is 32.2. The molecule has 8 heteroatoms. The van der Waals surface area contributed by atoms with Crippen LogP contribution >= 0.6 is 11.3 Å². The van der Waals surface area contributed by atoms with Gasteiger partial charge in [-0.2, -0.15) is 0 Å². The Morgan fingerprint density at radius 3 is 2.44 bits per heavy atom. The second-order valence-corrected chi connectivity index (χ2v) is 9.11. The Balaban J connectivity index is 1.51. The molecule has 0 fully saturated rings. The summed E-state index contributed by atoms with van der Waals surface area (Å²) in [6, 6.07) is 15.0. The Labute approximate surface area is 163 Å². The molecule has 0 spiro atoms. The monoisotopic (exact) mass is 403 g/mol. The first-order valence-electron chi connectivity index (χ1n) is 8.60. The molecule has 2 aromatic heterocycles. The van der Waals surface area contributed by atoms with Gasteiger partial charge in [-0.1, -0.05) is 36.8 Å². The number of rotatable bonds is 8. The van der Waals surface area contributed by atoms with Crippen molar-refractivity contribution in [3.63, 3.8) is 0 Å². The molecule has 1 aromatic carbocycles. The van der Waals surface area contributed by atoms with Crippen molar-refractivity contribution in [3.05, 3.63) is 59.0 Å². The Morgan fingerprint density at radius 2 is 1.81 bits per heavy atom. The molecular weight excluding hydrogens is 382 g/mol. The maximum atomic E-state index is 12.2. The third-order valence-electron chi connectivity index (χ3n) is 3.88. The minimum Gasteiger partial charge on any atom is -0.475 e. The maximum absolute atomic E-state index is 12.2. The second-order valence-electron chi connectivity index (χ2n) is 5.94. The van der Waals surface area contributed by atoms with Gasteiger partial charge < -0.3 is 4.74 Å². The first-order valence-corrected chi connectivity index (χ1v) is 10.9. The van der Waals surface area contributed by atoms with Crippen LogP contribution in [-0.2, 0) is 16.4 Å². The first-order chi connectivity index (χ1) is 13.0. The van der Waals surface area contributed by atoms with Crippen molar-refractivity contribution in [1.29, 1.82) is 0 Å². The molecule has 0 aliphatic heterocycles. The van der Waals surface area contributed by atoms with E-state index in [0.29, 0.717) is 10.1 Å². The Morgan fingerprint density at radius 1 is 1.04 bits per heavy atom. The van der Waals surface area contributed by atoms with Crippen LogP contribution in [0.1, 0.15) is 17.4 Å². The zero-order valence-electron chi connectivity index (χ0n) is 15.2. The van der Waals surface area contributed by atoms with Gasteiger partial charge in [0.25, 0.3) is 0 Å². The molecule has 2 heterocycles. The molecule has 142 valence electrons. The van der Waals surface area contributed by atoms with Crippen molar-refractivity contribution in [2.45, 2.75) is 24.5 Å². The fourth-order valence-electron chi connectivity index (χ4n) is 2.37. The lowest BCUT2D eigenvalue weighted by Gasteiger charge is -2.07. The van der Waals surface area contributed by atoms with Gasteiger partial charge in [-0.25, -0.2) is 13.1 Å². The van der Waals surface area contributed by atoms with E-state index in [-0.39, 0.29) is 13.2 Å². The third-order valence-corrected chi connectivity index (χ3v) is 7.06. The third kappa shape index (κ3) is 5.12. The van der Waals surface area contributed by atoms with Crippen LogP contribution < -0.4 is 9.46 Å². The largest absolute Gasteiger partial charge is 0.475 e. The number of benzene rings is 1. The number of hydrogen-bond donors (Lipinski definition) is 1. The predicted molar refractivity (Wildman–Crippen MR) is 107 cm³/mol. The Bertz CT molecular complexity index is 982. The fourth-order valence-corrected chi connectivity index (χ4v) is 4.72. The molecule has 0 bridgehead atoms. The Kier molecular flexibility index (Phi) is 6.20. The number of ether oxygens (including phenoxy) is 1. The summed E-state index contributed by atoms with van der Waals surface area (Å²) in [6.07, 6.45) is 0.820. The second kappa shape index (κ2) is 8.60. The van der Waals surface area contributed by atoms with Crippen molar-refractivity contribution in [1.82, 2.24) is 14.9 Å². The maximum Gasteiger partial charge on any atom is 0.250 e. The van der Waals surface area contributed by atoms with E-state index in [0.717, 1.165) is 22.6 Å². The molecule has 0 atom stereocenters. The topological polar surface area (TPSA) is 81.2 Å². The summed E-state index contributed by atoms with van der Waals surface area (Å²) in [5, 5.41) is 8.19. The summed E-state index contributed by atoms with van der Waals surface area (Å²) >= 11 is 1.28. The van der Waals surface area contributed by atoms with Gasteiger partial charge in [0.05, 0.1) is 5.69 Å². The molecule has 3 rings (SSSR count). The summed E-state index contributed by atoms with van der Waals surface area (Å²) in [5.74, 6) is 0.356. The van der Waals surface area contributed by atoms with Crippen LogP contribution in [0.2, 0.25) is 0 Å². The van der Waals surface area contributed by atoms with E-state index in [9.17, 15) is 8.42 Å². The quantitative estimate of drug-likeness (QED) is 0.583. The van der Waals surface area contributed by atoms with E-state index in [1.54, 1.807) is 12.1 Å². The molecular formula is C19H21N3O3S2. The minimum absolute atomic E-state index is 0.156. The summed E-state index contributed by atoms with van der Waals surface area (Å²) < 4.78 is 32.8. The number of nitrogens with one attached hydrogen (secondary N) is 1. The van der Waals surface area contributed by atoms with Crippen LogP contribution in [0, 0.1) is 6.92 Å². The van der Waals surface area contributed by atoms with Gasteiger partial charge in [0.2, 0.25) is 15.9 Å². The highest BCUT2D eigenvalue weighted by Gasteiger charge is 2.15. The van der Waals surface area contributed by atoms with Crippen molar-refractivity contribution in [3.8, 4) is 17.1 Å². The Hall–Kier alpha value is -2.29. The molecule has 1 N–H and O–H groups in total. The van der Waals surface area contributed by atoms with E-state index in [1.165, 1.54) is 16.9 Å². The molecule has 3 aromatic rings. The standard InChI is InChI=1S/C19H21N3O3S2/c1-3-16-8-11-19(26-16)27(23,24)20-12-13-25-18-10-9-17(21-22-18)15-6-4-14(2)5-7-15/h4-11,20H,3,12-13H2,1-2H3. The molecule has 0 amide bonds. The SMILES string of the molecule is CCc1ccc(S(=O)(=O)NCCOc2ccc(-c3ccc(C)cc3)nn2)s1. The summed E-state index contributed by atoms with van der Waals surface area (Å²) in [6.45, 7) is 4.35. The van der Waals surface area contributed by atoms with Gasteiger partial charge in [0.1, 0.15) is 10.8 Å². The molecule has 0 unspecified atom stereocenters. The molecule has 0 saturated heterocycles. The molecule has 6 nitrogen and oxygen atoms in total. The van der Waals surface area contributed by atoms with Crippen molar-refractivity contribution in [2.75, 3.05) is 13.2 Å². The van der Waals surface area contributed by atoms with Crippen LogP contribution in [0.4, 0.5) is 0 Å². The van der Waals surface area contributed by atoms with Gasteiger partial charge in [-0.05, 0) is 31.5 Å². The minimum atomic E-state index is -3.50. The number of nitrogens with zero attached hydrogens (tertiary/aromatic N) is 2. The average Bonchev–Trinajstić information content (AvgIpc) is 3.17. The van der Waals surface area contributed by atoms with Gasteiger partial charge >= 0.3 is 0 Å². The number of sulfonamides is 1. The summed E-state index contributed by atoms with van der Waals surface area (Å²) in [5.41, 5.74) is 2.92. The lowest BCUT2D eigenvalue weighted by Crippen LogP contribution is -2.27. The van der Waals surface area contributed by atoms with Gasteiger partial charge in [0.15, 0.2) is 0 Å². The van der Waals surface area contributed by atoms with Crippen molar-refractivity contribution >= 4 is 21.4 Å². The summed E-state index contributed by atoms with van der Waals surface area (Å²) in [4.78, 5) is 1.04. The molecule has 0 radical (unpaired) electrons. The van der Waals surface area contributed by atoms with Crippen molar-refractivity contribution < 1.29 is 13.2 Å². The van der Waals surface area contributed by atoms with Gasteiger partial charge in [-0.3, -0.25) is 0 Å². The fraction of sp³-hybridized carbons (Fsp3) is 0.263. The van der Waals surface area contributed by atoms with Crippen LogP contribution in [0.3, 0.4) is 0 Å². The van der Waals surface area contributed by atoms with E-state index in [1.807, 2.05) is 50.2 Å². The zero-order chi connectivity index (χ0) is 19.3. The molecule has 0 saturated carbocycles. The highest BCUT2D eigenvalue weighted by molar-refractivity contribution is 7.91. The summed E-state index contributed by atoms with van der Waals surface area (Å²) in [7, 11) is -3.50. The zero-order valence-corrected chi connectivity index (χ0v) is 16.8. The van der Waals surface area contributed by atoms with E-state index >= 15 is 0 Å². The number of aryl methyl sites for hydroxylation is 2.